The van der Waals surface area contributed by atoms with E-state index in [0.29, 0.717) is 30.1 Å². The molecule has 0 saturated carbocycles. The molecular weight excluding hydrogens is 300 g/mol. The molecule has 0 amide bonds. The number of carbonyl (C=O) groups is 1. The van der Waals surface area contributed by atoms with Gasteiger partial charge in [-0.1, -0.05) is 36.4 Å². The maximum Gasteiger partial charge on any atom is 0.132 e. The minimum absolute atomic E-state index is 0.310. The number of phenols is 2. The van der Waals surface area contributed by atoms with Gasteiger partial charge in [0.2, 0.25) is 0 Å². The molecule has 2 aromatic carbocycles. The van der Waals surface area contributed by atoms with Crippen LogP contribution in [0.1, 0.15) is 49.7 Å². The molecule has 0 aliphatic carbocycles. The third-order valence-electron chi connectivity index (χ3n) is 4.29. The first-order chi connectivity index (χ1) is 11.7. The molecular formula is C21H26O3. The Balaban J connectivity index is 1.55. The van der Waals surface area contributed by atoms with E-state index in [1.54, 1.807) is 12.1 Å². The fourth-order valence-corrected chi connectivity index (χ4v) is 2.84. The molecule has 0 spiro atoms. The summed E-state index contributed by atoms with van der Waals surface area (Å²) < 4.78 is 0. The zero-order valence-corrected chi connectivity index (χ0v) is 14.1. The minimum atomic E-state index is 0.310. The van der Waals surface area contributed by atoms with Gasteiger partial charge in [0.1, 0.15) is 17.3 Å². The van der Waals surface area contributed by atoms with Crippen LogP contribution in [-0.2, 0) is 17.6 Å². The Morgan fingerprint density at radius 2 is 1.08 bits per heavy atom. The quantitative estimate of drug-likeness (QED) is 0.617. The second-order valence-corrected chi connectivity index (χ2v) is 6.21. The molecule has 24 heavy (non-hydrogen) atoms. The molecule has 2 N–H and O–H groups in total. The highest BCUT2D eigenvalue weighted by Crippen LogP contribution is 2.20. The van der Waals surface area contributed by atoms with Crippen molar-refractivity contribution in [2.45, 2.75) is 51.4 Å². The fourth-order valence-electron chi connectivity index (χ4n) is 2.84. The zero-order chi connectivity index (χ0) is 17.2. The SMILES string of the molecule is O=C(CCCCc1ccccc1O)CCCCc1ccccc1O. The number of para-hydroxylation sites is 2. The van der Waals surface area contributed by atoms with Gasteiger partial charge in [0.05, 0.1) is 0 Å². The van der Waals surface area contributed by atoms with Crippen molar-refractivity contribution in [1.29, 1.82) is 0 Å². The van der Waals surface area contributed by atoms with Crippen LogP contribution < -0.4 is 0 Å². The van der Waals surface area contributed by atoms with Gasteiger partial charge in [-0.3, -0.25) is 4.79 Å². The molecule has 2 rings (SSSR count). The first-order valence-electron chi connectivity index (χ1n) is 8.72. The molecule has 2 aromatic rings. The number of Topliss-reactive ketones (excluding diaryl/α,β-unsaturated/α-hetero) is 1. The van der Waals surface area contributed by atoms with Crippen LogP contribution in [0, 0.1) is 0 Å². The van der Waals surface area contributed by atoms with Crippen LogP contribution in [0.2, 0.25) is 0 Å². The number of phenolic OH excluding ortho intramolecular Hbond substituents is 2. The predicted octanol–water partition coefficient (Wildman–Crippen LogP) is 4.79. The molecule has 0 aliphatic rings. The van der Waals surface area contributed by atoms with E-state index in [1.807, 2.05) is 36.4 Å². The monoisotopic (exact) mass is 326 g/mol. The molecule has 0 aromatic heterocycles. The summed E-state index contributed by atoms with van der Waals surface area (Å²) in [7, 11) is 0. The highest BCUT2D eigenvalue weighted by Gasteiger charge is 2.05. The minimum Gasteiger partial charge on any atom is -0.508 e. The lowest BCUT2D eigenvalue weighted by molar-refractivity contribution is -0.119. The summed E-state index contributed by atoms with van der Waals surface area (Å²) in [5.74, 6) is 0.991. The number of rotatable bonds is 10. The van der Waals surface area contributed by atoms with E-state index in [-0.39, 0.29) is 0 Å². The molecule has 128 valence electrons. The fraction of sp³-hybridized carbons (Fsp3) is 0.381. The van der Waals surface area contributed by atoms with Gasteiger partial charge in [-0.2, -0.15) is 0 Å². The number of aromatic hydroxyl groups is 2. The van der Waals surface area contributed by atoms with Crippen LogP contribution in [0.3, 0.4) is 0 Å². The molecule has 0 heterocycles. The summed E-state index contributed by atoms with van der Waals surface area (Å²) in [5, 5.41) is 19.4. The zero-order valence-electron chi connectivity index (χ0n) is 14.1. The smallest absolute Gasteiger partial charge is 0.132 e. The van der Waals surface area contributed by atoms with E-state index in [2.05, 4.69) is 0 Å². The molecule has 0 radical (unpaired) electrons. The van der Waals surface area contributed by atoms with E-state index in [1.165, 1.54) is 0 Å². The molecule has 3 nitrogen and oxygen atoms in total. The molecule has 0 fully saturated rings. The third-order valence-corrected chi connectivity index (χ3v) is 4.29. The molecule has 3 heteroatoms. The molecule has 0 bridgehead atoms. The van der Waals surface area contributed by atoms with Crippen LogP contribution in [0.5, 0.6) is 11.5 Å². The summed E-state index contributed by atoms with van der Waals surface area (Å²) in [6, 6.07) is 14.7. The summed E-state index contributed by atoms with van der Waals surface area (Å²) in [6.07, 6.45) is 6.43. The summed E-state index contributed by atoms with van der Waals surface area (Å²) >= 11 is 0. The van der Waals surface area contributed by atoms with E-state index in [0.717, 1.165) is 49.7 Å². The third kappa shape index (κ3) is 6.07. The van der Waals surface area contributed by atoms with Crippen LogP contribution in [-0.4, -0.2) is 16.0 Å². The number of ketones is 1. The van der Waals surface area contributed by atoms with Crippen LogP contribution in [0.15, 0.2) is 48.5 Å². The number of aryl methyl sites for hydroxylation is 2. The van der Waals surface area contributed by atoms with Crippen molar-refractivity contribution < 1.29 is 15.0 Å². The van der Waals surface area contributed by atoms with Crippen molar-refractivity contribution in [3.05, 3.63) is 59.7 Å². The van der Waals surface area contributed by atoms with Crippen molar-refractivity contribution in [2.24, 2.45) is 0 Å². The first-order valence-corrected chi connectivity index (χ1v) is 8.72. The van der Waals surface area contributed by atoms with E-state index in [4.69, 9.17) is 0 Å². The van der Waals surface area contributed by atoms with Crippen molar-refractivity contribution in [1.82, 2.24) is 0 Å². The average Bonchev–Trinajstić information content (AvgIpc) is 2.58. The van der Waals surface area contributed by atoms with Gasteiger partial charge in [0.15, 0.2) is 0 Å². The highest BCUT2D eigenvalue weighted by molar-refractivity contribution is 5.78. The molecule has 0 unspecified atom stereocenters. The van der Waals surface area contributed by atoms with E-state index < -0.39 is 0 Å². The number of unbranched alkanes of at least 4 members (excludes halogenated alkanes) is 2. The Bertz CT molecular complexity index is 594. The van der Waals surface area contributed by atoms with Crippen molar-refractivity contribution in [3.63, 3.8) is 0 Å². The van der Waals surface area contributed by atoms with Gasteiger partial charge in [0.25, 0.3) is 0 Å². The second kappa shape index (κ2) is 9.76. The Morgan fingerprint density at radius 1 is 0.667 bits per heavy atom. The first kappa shape index (κ1) is 18.1. The lowest BCUT2D eigenvalue weighted by atomic mass is 10.0. The van der Waals surface area contributed by atoms with Gasteiger partial charge in [-0.25, -0.2) is 0 Å². The normalized spacial score (nSPS) is 10.7. The van der Waals surface area contributed by atoms with Gasteiger partial charge in [-0.15, -0.1) is 0 Å². The predicted molar refractivity (Wildman–Crippen MR) is 96.3 cm³/mol. The van der Waals surface area contributed by atoms with Gasteiger partial charge < -0.3 is 10.2 Å². The highest BCUT2D eigenvalue weighted by atomic mass is 16.3. The maximum atomic E-state index is 11.9. The van der Waals surface area contributed by atoms with Crippen LogP contribution in [0.25, 0.3) is 0 Å². The second-order valence-electron chi connectivity index (χ2n) is 6.21. The van der Waals surface area contributed by atoms with Gasteiger partial charge in [0, 0.05) is 12.8 Å². The summed E-state index contributed by atoms with van der Waals surface area (Å²) in [5.41, 5.74) is 1.90. The standard InChI is InChI=1S/C21H26O3/c22-19(13-5-1-9-17-11-3-7-15-20(17)23)14-6-2-10-18-12-4-8-16-21(18)24/h3-4,7-8,11-12,15-16,23-24H,1-2,5-6,9-10,13-14H2. The van der Waals surface area contributed by atoms with Crippen molar-refractivity contribution in [3.8, 4) is 11.5 Å². The number of hydrogen-bond acceptors (Lipinski definition) is 3. The van der Waals surface area contributed by atoms with E-state index >= 15 is 0 Å². The topological polar surface area (TPSA) is 57.5 Å². The summed E-state index contributed by atoms with van der Waals surface area (Å²) in [4.78, 5) is 11.9. The Kier molecular flexibility index (Phi) is 7.34. The number of carbonyl (C=O) groups excluding carboxylic acids is 1. The Labute approximate surface area is 144 Å². The lowest BCUT2D eigenvalue weighted by Crippen LogP contribution is -1.99. The Hall–Kier alpha value is -2.29. The molecule has 0 aliphatic heterocycles. The van der Waals surface area contributed by atoms with Crippen LogP contribution in [0.4, 0.5) is 0 Å². The average molecular weight is 326 g/mol. The summed E-state index contributed by atoms with van der Waals surface area (Å²) in [6.45, 7) is 0. The lowest BCUT2D eigenvalue weighted by Gasteiger charge is -2.05. The Morgan fingerprint density at radius 3 is 1.50 bits per heavy atom. The molecule has 0 atom stereocenters. The number of benzene rings is 2. The van der Waals surface area contributed by atoms with Crippen LogP contribution >= 0.6 is 0 Å². The van der Waals surface area contributed by atoms with Crippen molar-refractivity contribution in [2.75, 3.05) is 0 Å². The van der Waals surface area contributed by atoms with E-state index in [9.17, 15) is 15.0 Å². The molecule has 0 saturated heterocycles. The maximum absolute atomic E-state index is 11.9. The largest absolute Gasteiger partial charge is 0.508 e. The van der Waals surface area contributed by atoms with Gasteiger partial charge >= 0.3 is 0 Å². The van der Waals surface area contributed by atoms with Crippen molar-refractivity contribution >= 4 is 5.78 Å². The number of hydrogen-bond donors (Lipinski definition) is 2. The van der Waals surface area contributed by atoms with Gasteiger partial charge in [-0.05, 0) is 61.8 Å².